The molecule has 1 fully saturated rings. The van der Waals surface area contributed by atoms with Crippen LogP contribution in [0.3, 0.4) is 0 Å². The summed E-state index contributed by atoms with van der Waals surface area (Å²) in [6.07, 6.45) is 23.9. The highest BCUT2D eigenvalue weighted by Gasteiger charge is 2.25. The molecule has 2 heteroatoms. The molecule has 1 aliphatic carbocycles. The van der Waals surface area contributed by atoms with E-state index >= 15 is 0 Å². The van der Waals surface area contributed by atoms with E-state index in [9.17, 15) is 4.79 Å². The van der Waals surface area contributed by atoms with Gasteiger partial charge in [-0.2, -0.15) is 0 Å². The Labute approximate surface area is 150 Å². The van der Waals surface area contributed by atoms with E-state index in [-0.39, 0.29) is 5.92 Å². The van der Waals surface area contributed by atoms with Gasteiger partial charge in [0.2, 0.25) is 0 Å². The van der Waals surface area contributed by atoms with Gasteiger partial charge in [0.1, 0.15) is 0 Å². The highest BCUT2D eigenvalue weighted by Crippen LogP contribution is 2.32. The molecule has 0 aromatic rings. The third kappa shape index (κ3) is 11.1. The molecule has 0 aromatic heterocycles. The summed E-state index contributed by atoms with van der Waals surface area (Å²) in [6, 6.07) is 0. The summed E-state index contributed by atoms with van der Waals surface area (Å²) in [7, 11) is 0. The van der Waals surface area contributed by atoms with Crippen LogP contribution in [0.5, 0.6) is 0 Å². The van der Waals surface area contributed by atoms with Crippen molar-refractivity contribution in [3.05, 3.63) is 0 Å². The van der Waals surface area contributed by atoms with Gasteiger partial charge in [-0.1, -0.05) is 96.8 Å². The number of carboxylic acid groups (broad SMARTS) is 1. The van der Waals surface area contributed by atoms with Crippen LogP contribution in [0.4, 0.5) is 0 Å². The standard InChI is InChI=1S/C22H42O2/c1-2-3-4-5-6-7-8-9-10-11-12-13-14-15-20-16-18-21(19-17-20)22(23)24/h20-21H,2-19H2,1H3,(H,23,24). The molecule has 2 nitrogen and oxygen atoms in total. The van der Waals surface area contributed by atoms with Gasteiger partial charge in [-0.15, -0.1) is 0 Å². The highest BCUT2D eigenvalue weighted by atomic mass is 16.4. The normalized spacial score (nSPS) is 21.0. The van der Waals surface area contributed by atoms with Crippen LogP contribution in [0, 0.1) is 11.8 Å². The van der Waals surface area contributed by atoms with Crippen molar-refractivity contribution < 1.29 is 9.90 Å². The lowest BCUT2D eigenvalue weighted by Gasteiger charge is -2.25. The molecule has 24 heavy (non-hydrogen) atoms. The first-order chi connectivity index (χ1) is 11.7. The first-order valence-corrected chi connectivity index (χ1v) is 11.0. The van der Waals surface area contributed by atoms with Crippen LogP contribution in [0.1, 0.15) is 122 Å². The Kier molecular flexibility index (Phi) is 13.3. The average molecular weight is 339 g/mol. The number of hydrogen-bond donors (Lipinski definition) is 1. The summed E-state index contributed by atoms with van der Waals surface area (Å²) in [5.41, 5.74) is 0. The van der Waals surface area contributed by atoms with Crippen LogP contribution in [0.25, 0.3) is 0 Å². The third-order valence-corrected chi connectivity index (χ3v) is 5.91. The second kappa shape index (κ2) is 14.8. The zero-order valence-corrected chi connectivity index (χ0v) is 16.2. The summed E-state index contributed by atoms with van der Waals surface area (Å²) in [5.74, 6) is 0.190. The van der Waals surface area contributed by atoms with Crippen molar-refractivity contribution in [1.82, 2.24) is 0 Å². The molecule has 1 saturated carbocycles. The fraction of sp³-hybridized carbons (Fsp3) is 0.955. The Hall–Kier alpha value is -0.530. The van der Waals surface area contributed by atoms with E-state index in [0.29, 0.717) is 0 Å². The van der Waals surface area contributed by atoms with Gasteiger partial charge in [0.25, 0.3) is 0 Å². The first-order valence-electron chi connectivity index (χ1n) is 11.0. The average Bonchev–Trinajstić information content (AvgIpc) is 2.59. The van der Waals surface area contributed by atoms with Crippen molar-refractivity contribution >= 4 is 5.97 Å². The largest absolute Gasteiger partial charge is 0.481 e. The van der Waals surface area contributed by atoms with Crippen LogP contribution in [0.2, 0.25) is 0 Å². The van der Waals surface area contributed by atoms with E-state index in [0.717, 1.165) is 31.6 Å². The minimum Gasteiger partial charge on any atom is -0.481 e. The van der Waals surface area contributed by atoms with E-state index in [4.69, 9.17) is 5.11 Å². The van der Waals surface area contributed by atoms with Gasteiger partial charge in [-0.25, -0.2) is 0 Å². The Morgan fingerprint density at radius 2 is 1.12 bits per heavy atom. The van der Waals surface area contributed by atoms with Crippen LogP contribution < -0.4 is 0 Å². The van der Waals surface area contributed by atoms with Crippen molar-refractivity contribution in [3.8, 4) is 0 Å². The molecule has 0 unspecified atom stereocenters. The number of hydrogen-bond acceptors (Lipinski definition) is 1. The topological polar surface area (TPSA) is 37.3 Å². The minimum atomic E-state index is -0.575. The van der Waals surface area contributed by atoms with Crippen molar-refractivity contribution in [1.29, 1.82) is 0 Å². The van der Waals surface area contributed by atoms with Gasteiger partial charge in [0.15, 0.2) is 0 Å². The Morgan fingerprint density at radius 1 is 0.708 bits per heavy atom. The Balaban J connectivity index is 1.77. The minimum absolute atomic E-state index is 0.0482. The number of carbonyl (C=O) groups is 1. The smallest absolute Gasteiger partial charge is 0.306 e. The van der Waals surface area contributed by atoms with E-state index in [1.807, 2.05) is 0 Å². The molecule has 0 amide bonds. The van der Waals surface area contributed by atoms with E-state index in [2.05, 4.69) is 6.92 Å². The van der Waals surface area contributed by atoms with Gasteiger partial charge in [0.05, 0.1) is 5.92 Å². The van der Waals surface area contributed by atoms with E-state index < -0.39 is 5.97 Å². The lowest BCUT2D eigenvalue weighted by molar-refractivity contribution is -0.143. The molecule has 0 heterocycles. The molecular formula is C22H42O2. The maximum atomic E-state index is 10.9. The van der Waals surface area contributed by atoms with Gasteiger partial charge in [0, 0.05) is 0 Å². The fourth-order valence-corrected chi connectivity index (χ4v) is 4.15. The number of carboxylic acids is 1. The summed E-state index contributed by atoms with van der Waals surface area (Å²) in [5, 5.41) is 9.02. The van der Waals surface area contributed by atoms with Gasteiger partial charge in [-0.3, -0.25) is 4.79 Å². The van der Waals surface area contributed by atoms with Crippen molar-refractivity contribution in [2.24, 2.45) is 11.8 Å². The molecule has 0 radical (unpaired) electrons. The van der Waals surface area contributed by atoms with Crippen LogP contribution >= 0.6 is 0 Å². The summed E-state index contributed by atoms with van der Waals surface area (Å²) in [6.45, 7) is 2.28. The Bertz CT molecular complexity index is 292. The molecule has 0 spiro atoms. The first kappa shape index (κ1) is 21.5. The zero-order valence-electron chi connectivity index (χ0n) is 16.2. The maximum Gasteiger partial charge on any atom is 0.306 e. The van der Waals surface area contributed by atoms with Crippen LogP contribution in [-0.2, 0) is 4.79 Å². The van der Waals surface area contributed by atoms with E-state index in [1.165, 1.54) is 89.9 Å². The molecule has 0 saturated heterocycles. The molecule has 0 aliphatic heterocycles. The van der Waals surface area contributed by atoms with Crippen molar-refractivity contribution in [2.45, 2.75) is 122 Å². The number of rotatable bonds is 15. The number of aliphatic carboxylic acids is 1. The summed E-state index contributed by atoms with van der Waals surface area (Å²) >= 11 is 0. The predicted molar refractivity (Wildman–Crippen MR) is 103 cm³/mol. The van der Waals surface area contributed by atoms with E-state index in [1.54, 1.807) is 0 Å². The summed E-state index contributed by atoms with van der Waals surface area (Å²) < 4.78 is 0. The van der Waals surface area contributed by atoms with Crippen molar-refractivity contribution in [3.63, 3.8) is 0 Å². The maximum absolute atomic E-state index is 10.9. The van der Waals surface area contributed by atoms with Gasteiger partial charge < -0.3 is 5.11 Å². The second-order valence-corrected chi connectivity index (χ2v) is 8.09. The molecule has 0 atom stereocenters. The summed E-state index contributed by atoms with van der Waals surface area (Å²) in [4.78, 5) is 10.9. The molecule has 1 N–H and O–H groups in total. The number of unbranched alkanes of at least 4 members (excludes halogenated alkanes) is 12. The second-order valence-electron chi connectivity index (χ2n) is 8.09. The van der Waals surface area contributed by atoms with Gasteiger partial charge in [-0.05, 0) is 31.6 Å². The lowest BCUT2D eigenvalue weighted by atomic mass is 9.80. The molecular weight excluding hydrogens is 296 g/mol. The zero-order chi connectivity index (χ0) is 17.5. The molecule has 0 aromatic carbocycles. The molecule has 1 rings (SSSR count). The van der Waals surface area contributed by atoms with Crippen LogP contribution in [-0.4, -0.2) is 11.1 Å². The molecule has 0 bridgehead atoms. The van der Waals surface area contributed by atoms with Gasteiger partial charge >= 0.3 is 5.97 Å². The SMILES string of the molecule is CCCCCCCCCCCCCCCC1CCC(C(=O)O)CC1. The predicted octanol–water partition coefficient (Wildman–Crippen LogP) is 7.36. The third-order valence-electron chi connectivity index (χ3n) is 5.91. The van der Waals surface area contributed by atoms with Crippen molar-refractivity contribution in [2.75, 3.05) is 0 Å². The lowest BCUT2D eigenvalue weighted by Crippen LogP contribution is -2.21. The Morgan fingerprint density at radius 3 is 1.54 bits per heavy atom. The molecule has 142 valence electrons. The molecule has 1 aliphatic rings. The highest BCUT2D eigenvalue weighted by molar-refractivity contribution is 5.69. The monoisotopic (exact) mass is 338 g/mol. The fourth-order valence-electron chi connectivity index (χ4n) is 4.15. The quantitative estimate of drug-likeness (QED) is 0.317. The van der Waals surface area contributed by atoms with Crippen LogP contribution in [0.15, 0.2) is 0 Å².